The molecular formula is C20H27NO3. The Morgan fingerprint density at radius 1 is 0.667 bits per heavy atom. The fraction of sp³-hybridized carbons (Fsp3) is 0.400. The van der Waals surface area contributed by atoms with E-state index in [2.05, 4.69) is 29.2 Å². The lowest BCUT2D eigenvalue weighted by atomic mass is 10.2. The highest BCUT2D eigenvalue weighted by atomic mass is 16.5. The first-order valence-electron chi connectivity index (χ1n) is 8.45. The van der Waals surface area contributed by atoms with Gasteiger partial charge < -0.3 is 14.6 Å². The van der Waals surface area contributed by atoms with Gasteiger partial charge in [0, 0.05) is 19.6 Å². The zero-order valence-corrected chi connectivity index (χ0v) is 14.1. The van der Waals surface area contributed by atoms with Crippen LogP contribution in [0.25, 0.3) is 0 Å². The Bertz CT molecular complexity index is 486. The lowest BCUT2D eigenvalue weighted by Crippen LogP contribution is -2.33. The number of benzene rings is 2. The highest BCUT2D eigenvalue weighted by molar-refractivity contribution is 5.14. The molecule has 0 unspecified atom stereocenters. The molecule has 1 N–H and O–H groups in total. The first kappa shape index (κ1) is 18.6. The molecule has 0 saturated carbocycles. The van der Waals surface area contributed by atoms with E-state index < -0.39 is 0 Å². The van der Waals surface area contributed by atoms with Crippen molar-refractivity contribution in [3.05, 3.63) is 71.8 Å². The summed E-state index contributed by atoms with van der Waals surface area (Å²) in [5, 5.41) is 9.18. The average Bonchev–Trinajstić information content (AvgIpc) is 2.64. The van der Waals surface area contributed by atoms with Crippen molar-refractivity contribution in [2.45, 2.75) is 13.2 Å². The fourth-order valence-electron chi connectivity index (χ4n) is 2.39. The smallest absolute Gasteiger partial charge is 0.0717 e. The van der Waals surface area contributed by atoms with Crippen molar-refractivity contribution in [1.82, 2.24) is 4.90 Å². The van der Waals surface area contributed by atoms with Crippen LogP contribution in [-0.4, -0.2) is 49.5 Å². The number of aliphatic hydroxyl groups excluding tert-OH is 1. The van der Waals surface area contributed by atoms with Crippen LogP contribution < -0.4 is 0 Å². The Labute approximate surface area is 144 Å². The highest BCUT2D eigenvalue weighted by Crippen LogP contribution is 2.02. The molecule has 0 amide bonds. The predicted octanol–water partition coefficient (Wildman–Crippen LogP) is 2.71. The normalized spacial score (nSPS) is 11.1. The third-order valence-corrected chi connectivity index (χ3v) is 3.74. The van der Waals surface area contributed by atoms with Crippen molar-refractivity contribution in [3.63, 3.8) is 0 Å². The molecule has 130 valence electrons. The van der Waals surface area contributed by atoms with Crippen molar-refractivity contribution < 1.29 is 14.6 Å². The maximum Gasteiger partial charge on any atom is 0.0717 e. The van der Waals surface area contributed by atoms with E-state index in [0.717, 1.165) is 13.1 Å². The number of hydrogen-bond acceptors (Lipinski definition) is 4. The lowest BCUT2D eigenvalue weighted by Gasteiger charge is -2.21. The van der Waals surface area contributed by atoms with E-state index in [0.29, 0.717) is 33.0 Å². The predicted molar refractivity (Wildman–Crippen MR) is 95.7 cm³/mol. The van der Waals surface area contributed by atoms with Crippen LogP contribution in [0.5, 0.6) is 0 Å². The fourth-order valence-corrected chi connectivity index (χ4v) is 2.39. The van der Waals surface area contributed by atoms with Crippen LogP contribution in [-0.2, 0) is 22.7 Å². The van der Waals surface area contributed by atoms with E-state index in [1.807, 2.05) is 36.4 Å². The molecule has 4 heteroatoms. The maximum absolute atomic E-state index is 9.18. The number of rotatable bonds is 12. The minimum atomic E-state index is 0.150. The average molecular weight is 329 g/mol. The van der Waals surface area contributed by atoms with E-state index in [1.165, 1.54) is 11.1 Å². The van der Waals surface area contributed by atoms with E-state index in [4.69, 9.17) is 9.47 Å². The molecule has 4 nitrogen and oxygen atoms in total. The minimum Gasteiger partial charge on any atom is -0.395 e. The van der Waals surface area contributed by atoms with Crippen LogP contribution in [0.3, 0.4) is 0 Å². The molecule has 0 heterocycles. The van der Waals surface area contributed by atoms with E-state index in [1.54, 1.807) is 0 Å². The summed E-state index contributed by atoms with van der Waals surface area (Å²) < 4.78 is 11.4. The second kappa shape index (κ2) is 11.8. The standard InChI is InChI=1S/C20H27NO3/c22-14-11-21(12-15-23-17-19-7-3-1-4-8-19)13-16-24-18-20-9-5-2-6-10-20/h1-10,22H,11-18H2. The largest absolute Gasteiger partial charge is 0.395 e. The molecule has 0 aliphatic heterocycles. The molecule has 0 spiro atoms. The minimum absolute atomic E-state index is 0.150. The zero-order chi connectivity index (χ0) is 16.9. The molecule has 0 fully saturated rings. The van der Waals surface area contributed by atoms with Gasteiger partial charge in [0.25, 0.3) is 0 Å². The Kier molecular flexibility index (Phi) is 9.12. The first-order chi connectivity index (χ1) is 11.9. The summed E-state index contributed by atoms with van der Waals surface area (Å²) >= 11 is 0. The summed E-state index contributed by atoms with van der Waals surface area (Å²) in [6.45, 7) is 4.92. The van der Waals surface area contributed by atoms with Crippen LogP contribution in [0.15, 0.2) is 60.7 Å². The third-order valence-electron chi connectivity index (χ3n) is 3.74. The zero-order valence-electron chi connectivity index (χ0n) is 14.1. The Hall–Kier alpha value is -1.72. The quantitative estimate of drug-likeness (QED) is 0.608. The molecule has 0 radical (unpaired) electrons. The molecule has 2 rings (SSSR count). The summed E-state index contributed by atoms with van der Waals surface area (Å²) in [5.74, 6) is 0. The summed E-state index contributed by atoms with van der Waals surface area (Å²) in [6.07, 6.45) is 0. The molecule has 0 bridgehead atoms. The van der Waals surface area contributed by atoms with Gasteiger partial charge in [-0.3, -0.25) is 4.90 Å². The monoisotopic (exact) mass is 329 g/mol. The first-order valence-corrected chi connectivity index (χ1v) is 8.45. The molecular weight excluding hydrogens is 302 g/mol. The Morgan fingerprint density at radius 3 is 1.54 bits per heavy atom. The van der Waals surface area contributed by atoms with Gasteiger partial charge in [0.05, 0.1) is 33.0 Å². The Balaban J connectivity index is 1.58. The van der Waals surface area contributed by atoms with E-state index >= 15 is 0 Å². The van der Waals surface area contributed by atoms with Crippen molar-refractivity contribution in [1.29, 1.82) is 0 Å². The van der Waals surface area contributed by atoms with Gasteiger partial charge in [0.1, 0.15) is 0 Å². The van der Waals surface area contributed by atoms with Crippen LogP contribution in [0.1, 0.15) is 11.1 Å². The molecule has 0 aliphatic carbocycles. The number of nitrogens with zero attached hydrogens (tertiary/aromatic N) is 1. The van der Waals surface area contributed by atoms with E-state index in [-0.39, 0.29) is 6.61 Å². The molecule has 24 heavy (non-hydrogen) atoms. The summed E-state index contributed by atoms with van der Waals surface area (Å²) in [7, 11) is 0. The van der Waals surface area contributed by atoms with Gasteiger partial charge in [0.2, 0.25) is 0 Å². The van der Waals surface area contributed by atoms with Crippen LogP contribution >= 0.6 is 0 Å². The molecule has 2 aromatic rings. The summed E-state index contributed by atoms with van der Waals surface area (Å²) in [4.78, 5) is 2.16. The molecule has 0 saturated heterocycles. The van der Waals surface area contributed by atoms with Gasteiger partial charge in [-0.05, 0) is 11.1 Å². The second-order valence-electron chi connectivity index (χ2n) is 5.64. The Morgan fingerprint density at radius 2 is 1.12 bits per heavy atom. The van der Waals surface area contributed by atoms with Gasteiger partial charge in [-0.2, -0.15) is 0 Å². The lowest BCUT2D eigenvalue weighted by molar-refractivity contribution is 0.0576. The van der Waals surface area contributed by atoms with Crippen molar-refractivity contribution in [2.24, 2.45) is 0 Å². The van der Waals surface area contributed by atoms with Gasteiger partial charge in [-0.1, -0.05) is 60.7 Å². The van der Waals surface area contributed by atoms with Gasteiger partial charge in [0.15, 0.2) is 0 Å². The maximum atomic E-state index is 9.18. The number of aliphatic hydroxyl groups is 1. The number of ether oxygens (including phenoxy) is 2. The van der Waals surface area contributed by atoms with Gasteiger partial charge in [-0.15, -0.1) is 0 Å². The third kappa shape index (κ3) is 7.70. The molecule has 0 atom stereocenters. The SMILES string of the molecule is OCCN(CCOCc1ccccc1)CCOCc1ccccc1. The van der Waals surface area contributed by atoms with Gasteiger partial charge in [-0.25, -0.2) is 0 Å². The second-order valence-corrected chi connectivity index (χ2v) is 5.64. The summed E-state index contributed by atoms with van der Waals surface area (Å²) in [5.41, 5.74) is 2.36. The van der Waals surface area contributed by atoms with Crippen LogP contribution in [0.2, 0.25) is 0 Å². The van der Waals surface area contributed by atoms with Crippen LogP contribution in [0.4, 0.5) is 0 Å². The van der Waals surface area contributed by atoms with Gasteiger partial charge >= 0.3 is 0 Å². The number of hydrogen-bond donors (Lipinski definition) is 1. The topological polar surface area (TPSA) is 41.9 Å². The van der Waals surface area contributed by atoms with Crippen molar-refractivity contribution in [2.75, 3.05) is 39.5 Å². The van der Waals surface area contributed by atoms with Crippen molar-refractivity contribution in [3.8, 4) is 0 Å². The highest BCUT2D eigenvalue weighted by Gasteiger charge is 2.04. The van der Waals surface area contributed by atoms with E-state index in [9.17, 15) is 5.11 Å². The molecule has 2 aromatic carbocycles. The van der Waals surface area contributed by atoms with Crippen LogP contribution in [0, 0.1) is 0 Å². The molecule has 0 aromatic heterocycles. The van der Waals surface area contributed by atoms with Crippen molar-refractivity contribution >= 4 is 0 Å². The summed E-state index contributed by atoms with van der Waals surface area (Å²) in [6, 6.07) is 20.3. The molecule has 0 aliphatic rings.